The first kappa shape index (κ1) is 19.0. The molecular formula is C21H27N3O3. The Balaban J connectivity index is 1.63. The third kappa shape index (κ3) is 5.12. The van der Waals surface area contributed by atoms with Crippen molar-refractivity contribution in [3.8, 4) is 11.5 Å². The lowest BCUT2D eigenvalue weighted by molar-refractivity contribution is 0.102. The van der Waals surface area contributed by atoms with Gasteiger partial charge in [0.15, 0.2) is 0 Å². The number of benzene rings is 1. The van der Waals surface area contributed by atoms with Crippen LogP contribution < -0.4 is 20.1 Å². The zero-order valence-corrected chi connectivity index (χ0v) is 16.0. The molecule has 0 saturated heterocycles. The molecule has 27 heavy (non-hydrogen) atoms. The molecule has 6 heteroatoms. The lowest BCUT2D eigenvalue weighted by Gasteiger charge is -2.17. The molecule has 0 unspecified atom stereocenters. The van der Waals surface area contributed by atoms with Gasteiger partial charge in [0.1, 0.15) is 17.2 Å². The molecule has 2 N–H and O–H groups in total. The smallest absolute Gasteiger partial charge is 0.274 e. The van der Waals surface area contributed by atoms with Crippen molar-refractivity contribution in [1.82, 2.24) is 4.98 Å². The van der Waals surface area contributed by atoms with E-state index in [1.165, 1.54) is 38.5 Å². The van der Waals surface area contributed by atoms with Crippen LogP contribution in [-0.4, -0.2) is 31.2 Å². The number of ether oxygens (including phenoxy) is 2. The Bertz CT molecular complexity index is 754. The Morgan fingerprint density at radius 2 is 1.81 bits per heavy atom. The number of amides is 1. The molecule has 1 aliphatic rings. The summed E-state index contributed by atoms with van der Waals surface area (Å²) in [5.41, 5.74) is 1.89. The second-order valence-electron chi connectivity index (χ2n) is 6.79. The Hall–Kier alpha value is -2.76. The van der Waals surface area contributed by atoms with Crippen LogP contribution in [0.1, 0.15) is 49.0 Å². The van der Waals surface area contributed by atoms with Crippen molar-refractivity contribution in [2.45, 2.75) is 44.6 Å². The largest absolute Gasteiger partial charge is 0.497 e. The molecule has 3 rings (SSSR count). The van der Waals surface area contributed by atoms with Gasteiger partial charge in [0.05, 0.1) is 31.8 Å². The van der Waals surface area contributed by atoms with Gasteiger partial charge in [0.25, 0.3) is 5.91 Å². The maximum atomic E-state index is 12.5. The minimum absolute atomic E-state index is 0.278. The molecule has 1 saturated carbocycles. The molecular weight excluding hydrogens is 342 g/mol. The lowest BCUT2D eigenvalue weighted by atomic mass is 10.1. The number of aromatic nitrogens is 1. The number of methoxy groups -OCH3 is 2. The van der Waals surface area contributed by atoms with Gasteiger partial charge in [-0.25, -0.2) is 4.98 Å². The summed E-state index contributed by atoms with van der Waals surface area (Å²) in [7, 11) is 3.14. The van der Waals surface area contributed by atoms with E-state index in [-0.39, 0.29) is 5.91 Å². The molecule has 6 nitrogen and oxygen atoms in total. The van der Waals surface area contributed by atoms with Gasteiger partial charge in [-0.15, -0.1) is 0 Å². The third-order valence-electron chi connectivity index (χ3n) is 4.88. The van der Waals surface area contributed by atoms with Crippen molar-refractivity contribution >= 4 is 17.3 Å². The highest BCUT2D eigenvalue weighted by atomic mass is 16.5. The van der Waals surface area contributed by atoms with Gasteiger partial charge in [0.2, 0.25) is 0 Å². The van der Waals surface area contributed by atoms with E-state index in [1.54, 1.807) is 44.7 Å². The first-order valence-electron chi connectivity index (χ1n) is 9.45. The van der Waals surface area contributed by atoms with E-state index >= 15 is 0 Å². The predicted octanol–water partition coefficient (Wildman–Crippen LogP) is 4.49. The molecule has 1 aliphatic carbocycles. The van der Waals surface area contributed by atoms with Crippen LogP contribution in [0.15, 0.2) is 36.5 Å². The van der Waals surface area contributed by atoms with Crippen LogP contribution in [0, 0.1) is 0 Å². The van der Waals surface area contributed by atoms with Crippen molar-refractivity contribution in [2.75, 3.05) is 24.9 Å². The summed E-state index contributed by atoms with van der Waals surface area (Å²) in [6, 6.07) is 9.39. The number of rotatable bonds is 6. The zero-order valence-electron chi connectivity index (χ0n) is 16.0. The molecule has 0 spiro atoms. The Morgan fingerprint density at radius 1 is 1.04 bits per heavy atom. The topological polar surface area (TPSA) is 72.5 Å². The minimum Gasteiger partial charge on any atom is -0.497 e. The molecule has 0 radical (unpaired) electrons. The van der Waals surface area contributed by atoms with Crippen LogP contribution >= 0.6 is 0 Å². The van der Waals surface area contributed by atoms with Gasteiger partial charge in [-0.3, -0.25) is 4.79 Å². The maximum Gasteiger partial charge on any atom is 0.274 e. The van der Waals surface area contributed by atoms with Crippen LogP contribution in [0.2, 0.25) is 0 Å². The molecule has 1 aromatic heterocycles. The summed E-state index contributed by atoms with van der Waals surface area (Å²) < 4.78 is 10.5. The summed E-state index contributed by atoms with van der Waals surface area (Å²) in [6.45, 7) is 0. The standard InChI is InChI=1S/C21H27N3O3/c1-26-17-10-12-18(20(13-17)27-2)24-21(25)19-11-9-16(14-22-19)23-15-7-5-3-4-6-8-15/h9-15,23H,3-8H2,1-2H3,(H,24,25). The SMILES string of the molecule is COc1ccc(NC(=O)c2ccc(NC3CCCCCC3)cn2)c(OC)c1. The number of nitrogens with one attached hydrogen (secondary N) is 2. The van der Waals surface area contributed by atoms with E-state index < -0.39 is 0 Å². The van der Waals surface area contributed by atoms with Crippen LogP contribution in [0.25, 0.3) is 0 Å². The first-order valence-corrected chi connectivity index (χ1v) is 9.45. The van der Waals surface area contributed by atoms with Crippen molar-refractivity contribution < 1.29 is 14.3 Å². The van der Waals surface area contributed by atoms with Gasteiger partial charge >= 0.3 is 0 Å². The Labute approximate surface area is 160 Å². The average molecular weight is 369 g/mol. The van der Waals surface area contributed by atoms with Crippen LogP contribution in [0.5, 0.6) is 11.5 Å². The first-order chi connectivity index (χ1) is 13.2. The average Bonchev–Trinajstić information content (AvgIpc) is 2.97. The number of carbonyl (C=O) groups excluding carboxylic acids is 1. The number of hydrogen-bond acceptors (Lipinski definition) is 5. The Morgan fingerprint density at radius 3 is 2.44 bits per heavy atom. The number of anilines is 2. The van der Waals surface area contributed by atoms with Crippen molar-refractivity contribution in [1.29, 1.82) is 0 Å². The van der Waals surface area contributed by atoms with E-state index in [4.69, 9.17) is 9.47 Å². The number of carbonyl (C=O) groups is 1. The van der Waals surface area contributed by atoms with Gasteiger partial charge in [-0.1, -0.05) is 25.7 Å². The van der Waals surface area contributed by atoms with Gasteiger partial charge in [-0.2, -0.15) is 0 Å². The van der Waals surface area contributed by atoms with E-state index in [9.17, 15) is 4.79 Å². The summed E-state index contributed by atoms with van der Waals surface area (Å²) in [5.74, 6) is 0.922. The zero-order chi connectivity index (χ0) is 19.1. The Kier molecular flexibility index (Phi) is 6.52. The molecule has 0 bridgehead atoms. The molecule has 1 aromatic carbocycles. The summed E-state index contributed by atoms with van der Waals surface area (Å²) in [4.78, 5) is 16.8. The summed E-state index contributed by atoms with van der Waals surface area (Å²) in [6.07, 6.45) is 9.31. The van der Waals surface area contributed by atoms with Gasteiger partial charge < -0.3 is 20.1 Å². The third-order valence-corrected chi connectivity index (χ3v) is 4.88. The van der Waals surface area contributed by atoms with Gasteiger partial charge in [0, 0.05) is 12.1 Å². The quantitative estimate of drug-likeness (QED) is 0.734. The van der Waals surface area contributed by atoms with Crippen LogP contribution in [0.3, 0.4) is 0 Å². The molecule has 2 aromatic rings. The fraction of sp³-hybridized carbons (Fsp3) is 0.429. The maximum absolute atomic E-state index is 12.5. The van der Waals surface area contributed by atoms with E-state index in [2.05, 4.69) is 15.6 Å². The fourth-order valence-corrected chi connectivity index (χ4v) is 3.36. The molecule has 1 amide bonds. The fourth-order valence-electron chi connectivity index (χ4n) is 3.36. The van der Waals surface area contributed by atoms with Crippen LogP contribution in [0.4, 0.5) is 11.4 Å². The number of pyridine rings is 1. The highest BCUT2D eigenvalue weighted by molar-refractivity contribution is 6.03. The van der Waals surface area contributed by atoms with Gasteiger partial charge in [-0.05, 0) is 37.1 Å². The van der Waals surface area contributed by atoms with Crippen molar-refractivity contribution in [2.24, 2.45) is 0 Å². The van der Waals surface area contributed by atoms with Crippen LogP contribution in [-0.2, 0) is 0 Å². The normalized spacial score (nSPS) is 14.9. The van der Waals surface area contributed by atoms with Crippen molar-refractivity contribution in [3.63, 3.8) is 0 Å². The molecule has 1 heterocycles. The number of hydrogen-bond donors (Lipinski definition) is 2. The van der Waals surface area contributed by atoms with E-state index in [1.807, 2.05) is 6.07 Å². The van der Waals surface area contributed by atoms with E-state index in [0.29, 0.717) is 28.9 Å². The summed E-state index contributed by atoms with van der Waals surface area (Å²) in [5, 5.41) is 6.38. The molecule has 0 aliphatic heterocycles. The molecule has 0 atom stereocenters. The molecule has 144 valence electrons. The van der Waals surface area contributed by atoms with Crippen molar-refractivity contribution in [3.05, 3.63) is 42.2 Å². The monoisotopic (exact) mass is 369 g/mol. The second-order valence-corrected chi connectivity index (χ2v) is 6.79. The summed E-state index contributed by atoms with van der Waals surface area (Å²) >= 11 is 0. The number of nitrogens with zero attached hydrogens (tertiary/aromatic N) is 1. The molecule has 1 fully saturated rings. The van der Waals surface area contributed by atoms with E-state index in [0.717, 1.165) is 5.69 Å². The predicted molar refractivity (Wildman–Crippen MR) is 107 cm³/mol. The highest BCUT2D eigenvalue weighted by Gasteiger charge is 2.14. The lowest BCUT2D eigenvalue weighted by Crippen LogP contribution is -2.19. The highest BCUT2D eigenvalue weighted by Crippen LogP contribution is 2.29. The minimum atomic E-state index is -0.278. The second kappa shape index (κ2) is 9.26.